The van der Waals surface area contributed by atoms with E-state index in [1.54, 1.807) is 27.5 Å². The van der Waals surface area contributed by atoms with Crippen molar-refractivity contribution in [1.29, 1.82) is 0 Å². The molecule has 0 saturated heterocycles. The Morgan fingerprint density at radius 2 is 1.81 bits per heavy atom. The van der Waals surface area contributed by atoms with Crippen LogP contribution in [0.1, 0.15) is 36.1 Å². The average molecular weight is 415 g/mol. The van der Waals surface area contributed by atoms with Gasteiger partial charge in [0.2, 0.25) is 5.91 Å². The molecule has 0 fully saturated rings. The second-order valence-electron chi connectivity index (χ2n) is 7.91. The molecule has 2 heterocycles. The number of aryl methyl sites for hydroxylation is 3. The molecule has 158 valence electrons. The summed E-state index contributed by atoms with van der Waals surface area (Å²) in [6.45, 7) is 6.39. The Bertz CT molecular complexity index is 1290. The van der Waals surface area contributed by atoms with E-state index in [4.69, 9.17) is 0 Å². The van der Waals surface area contributed by atoms with Gasteiger partial charge in [0, 0.05) is 30.9 Å². The maximum atomic E-state index is 12.9. The van der Waals surface area contributed by atoms with Crippen LogP contribution in [0.5, 0.6) is 0 Å². The van der Waals surface area contributed by atoms with E-state index in [1.807, 2.05) is 43.3 Å². The van der Waals surface area contributed by atoms with Crippen molar-refractivity contribution in [2.24, 2.45) is 0 Å². The van der Waals surface area contributed by atoms with Gasteiger partial charge < -0.3 is 9.88 Å². The Morgan fingerprint density at radius 1 is 1.03 bits per heavy atom. The first-order chi connectivity index (χ1) is 14.9. The molecule has 0 unspecified atom stereocenters. The van der Waals surface area contributed by atoms with E-state index in [2.05, 4.69) is 36.4 Å². The second kappa shape index (κ2) is 8.60. The number of nitrogens with one attached hydrogen (secondary N) is 1. The molecule has 4 aromatic rings. The number of benzene rings is 2. The lowest BCUT2D eigenvalue weighted by Crippen LogP contribution is -2.29. The van der Waals surface area contributed by atoms with Crippen molar-refractivity contribution in [3.8, 4) is 11.3 Å². The van der Waals surface area contributed by atoms with Crippen molar-refractivity contribution < 1.29 is 4.79 Å². The molecule has 0 radical (unpaired) electrons. The normalized spacial score (nSPS) is 12.1. The summed E-state index contributed by atoms with van der Waals surface area (Å²) in [5, 5.41) is 7.53. The number of aromatic nitrogens is 3. The fourth-order valence-electron chi connectivity index (χ4n) is 3.60. The average Bonchev–Trinajstić information content (AvgIpc) is 3.21. The highest BCUT2D eigenvalue weighted by Gasteiger charge is 2.12. The topological polar surface area (TPSA) is 68.4 Å². The number of carbonyl (C=O) groups is 1. The molecule has 0 bridgehead atoms. The third-order valence-electron chi connectivity index (χ3n) is 5.66. The largest absolute Gasteiger partial charge is 0.350 e. The summed E-state index contributed by atoms with van der Waals surface area (Å²) < 4.78 is 3.16. The zero-order valence-corrected chi connectivity index (χ0v) is 18.0. The van der Waals surface area contributed by atoms with Crippen LogP contribution >= 0.6 is 0 Å². The third-order valence-corrected chi connectivity index (χ3v) is 5.66. The van der Waals surface area contributed by atoms with Gasteiger partial charge >= 0.3 is 0 Å². The van der Waals surface area contributed by atoms with Crippen LogP contribution in [-0.4, -0.2) is 20.1 Å². The minimum atomic E-state index is -0.158. The molecule has 1 N–H and O–H groups in total. The number of rotatable bonds is 6. The Labute approximate surface area is 181 Å². The number of nitrogens with zero attached hydrogens (tertiary/aromatic N) is 3. The molecule has 0 aliphatic heterocycles. The van der Waals surface area contributed by atoms with Gasteiger partial charge in [0.1, 0.15) is 5.52 Å². The maximum Gasteiger partial charge on any atom is 0.276 e. The first-order valence-corrected chi connectivity index (χ1v) is 10.4. The van der Waals surface area contributed by atoms with Crippen LogP contribution in [0.15, 0.2) is 71.8 Å². The highest BCUT2D eigenvalue weighted by atomic mass is 16.2. The molecular weight excluding hydrogens is 388 g/mol. The molecular formula is C25H26N4O2. The fourth-order valence-corrected chi connectivity index (χ4v) is 3.60. The molecule has 4 rings (SSSR count). The van der Waals surface area contributed by atoms with Crippen LogP contribution in [0.25, 0.3) is 16.8 Å². The van der Waals surface area contributed by atoms with Gasteiger partial charge in [-0.3, -0.25) is 9.59 Å². The van der Waals surface area contributed by atoms with Gasteiger partial charge in [-0.2, -0.15) is 5.10 Å². The number of hydrogen-bond acceptors (Lipinski definition) is 3. The Balaban J connectivity index is 1.48. The maximum absolute atomic E-state index is 12.9. The second-order valence-corrected chi connectivity index (χ2v) is 7.91. The lowest BCUT2D eigenvalue weighted by Gasteiger charge is -2.14. The Morgan fingerprint density at radius 3 is 2.55 bits per heavy atom. The summed E-state index contributed by atoms with van der Waals surface area (Å²) in [5.74, 6) is -0.0903. The van der Waals surface area contributed by atoms with Crippen LogP contribution in [0.2, 0.25) is 0 Å². The molecule has 6 nitrogen and oxygen atoms in total. The van der Waals surface area contributed by atoms with Crippen molar-refractivity contribution in [3.63, 3.8) is 0 Å². The summed E-state index contributed by atoms with van der Waals surface area (Å²) in [5.41, 5.74) is 5.52. The molecule has 0 saturated carbocycles. The van der Waals surface area contributed by atoms with Gasteiger partial charge in [-0.05, 0) is 49.6 Å². The van der Waals surface area contributed by atoms with E-state index in [0.29, 0.717) is 12.1 Å². The summed E-state index contributed by atoms with van der Waals surface area (Å²) in [4.78, 5) is 25.3. The molecule has 2 aromatic heterocycles. The molecule has 31 heavy (non-hydrogen) atoms. The van der Waals surface area contributed by atoms with Crippen LogP contribution in [0.3, 0.4) is 0 Å². The standard InChI is InChI=1S/C25H26N4O2/c1-17-9-10-21(15-18(17)2)22-16-23-25(31)28(13-14-29(23)27-22)12-11-24(30)26-19(3)20-7-5-4-6-8-20/h4-10,13-16,19H,11-12H2,1-3H3,(H,26,30)/t19-/m1/s1. The van der Waals surface area contributed by atoms with Crippen molar-refractivity contribution in [3.05, 3.63) is 94.0 Å². The molecule has 6 heteroatoms. The third kappa shape index (κ3) is 4.43. The minimum Gasteiger partial charge on any atom is -0.350 e. The van der Waals surface area contributed by atoms with E-state index in [-0.39, 0.29) is 23.9 Å². The van der Waals surface area contributed by atoms with E-state index in [9.17, 15) is 9.59 Å². The zero-order valence-electron chi connectivity index (χ0n) is 18.0. The van der Waals surface area contributed by atoms with Crippen LogP contribution in [0, 0.1) is 13.8 Å². The van der Waals surface area contributed by atoms with Gasteiger partial charge in [0.25, 0.3) is 5.56 Å². The molecule has 0 aliphatic carbocycles. The van der Waals surface area contributed by atoms with Crippen molar-refractivity contribution in [1.82, 2.24) is 19.5 Å². The SMILES string of the molecule is Cc1ccc(-c2cc3c(=O)n(CCC(=O)N[C@H](C)c4ccccc4)ccn3n2)cc1C. The first kappa shape index (κ1) is 20.6. The zero-order chi connectivity index (χ0) is 22.0. The summed E-state index contributed by atoms with van der Waals surface area (Å²) in [6, 6.07) is 17.7. The van der Waals surface area contributed by atoms with Crippen molar-refractivity contribution >= 4 is 11.4 Å². The number of carbonyl (C=O) groups excluding carboxylic acids is 1. The minimum absolute atomic E-state index is 0.0803. The molecule has 2 aromatic carbocycles. The van der Waals surface area contributed by atoms with E-state index in [1.165, 1.54) is 11.1 Å². The summed E-state index contributed by atoms with van der Waals surface area (Å²) in [6.07, 6.45) is 3.66. The number of amides is 1. The van der Waals surface area contributed by atoms with E-state index >= 15 is 0 Å². The lowest BCUT2D eigenvalue weighted by atomic mass is 10.0. The van der Waals surface area contributed by atoms with E-state index < -0.39 is 0 Å². The highest BCUT2D eigenvalue weighted by Crippen LogP contribution is 2.21. The van der Waals surface area contributed by atoms with Crippen LogP contribution in [0.4, 0.5) is 0 Å². The molecule has 1 atom stereocenters. The van der Waals surface area contributed by atoms with E-state index in [0.717, 1.165) is 16.8 Å². The van der Waals surface area contributed by atoms with Crippen molar-refractivity contribution in [2.45, 2.75) is 39.8 Å². The predicted octanol–water partition coefficient (Wildman–Crippen LogP) is 4.05. The Hall–Kier alpha value is -3.67. The Kier molecular flexibility index (Phi) is 5.71. The number of hydrogen-bond donors (Lipinski definition) is 1. The van der Waals surface area contributed by atoms with Gasteiger partial charge in [0.15, 0.2) is 0 Å². The van der Waals surface area contributed by atoms with Crippen LogP contribution in [-0.2, 0) is 11.3 Å². The summed E-state index contributed by atoms with van der Waals surface area (Å²) in [7, 11) is 0. The van der Waals surface area contributed by atoms with Gasteiger partial charge in [-0.1, -0.05) is 42.5 Å². The lowest BCUT2D eigenvalue weighted by molar-refractivity contribution is -0.121. The fraction of sp³-hybridized carbons (Fsp3) is 0.240. The quantitative estimate of drug-likeness (QED) is 0.518. The predicted molar refractivity (Wildman–Crippen MR) is 122 cm³/mol. The molecule has 0 spiro atoms. The monoisotopic (exact) mass is 414 g/mol. The molecule has 0 aliphatic rings. The van der Waals surface area contributed by atoms with Gasteiger partial charge in [0.05, 0.1) is 11.7 Å². The van der Waals surface area contributed by atoms with Gasteiger partial charge in [-0.15, -0.1) is 0 Å². The smallest absolute Gasteiger partial charge is 0.276 e. The highest BCUT2D eigenvalue weighted by molar-refractivity contribution is 5.76. The van der Waals surface area contributed by atoms with Crippen molar-refractivity contribution in [2.75, 3.05) is 0 Å². The first-order valence-electron chi connectivity index (χ1n) is 10.4. The van der Waals surface area contributed by atoms with Crippen LogP contribution < -0.4 is 10.9 Å². The molecule has 1 amide bonds. The van der Waals surface area contributed by atoms with Gasteiger partial charge in [-0.25, -0.2) is 4.52 Å². The number of fused-ring (bicyclic) bond motifs is 1. The summed E-state index contributed by atoms with van der Waals surface area (Å²) >= 11 is 0.